The number of alkyl halides is 2. The fourth-order valence-corrected chi connectivity index (χ4v) is 4.99. The highest BCUT2D eigenvalue weighted by Crippen LogP contribution is 2.38. The smallest absolute Gasteiger partial charge is 0.387 e. The van der Waals surface area contributed by atoms with E-state index in [0.29, 0.717) is 11.7 Å². The normalized spacial score (nSPS) is 17.0. The van der Waals surface area contributed by atoms with Crippen LogP contribution in [0, 0.1) is 5.92 Å². The van der Waals surface area contributed by atoms with Gasteiger partial charge in [0, 0.05) is 10.4 Å². The van der Waals surface area contributed by atoms with Crippen LogP contribution in [-0.4, -0.2) is 26.2 Å². The van der Waals surface area contributed by atoms with Crippen LogP contribution >= 0.6 is 11.3 Å². The van der Waals surface area contributed by atoms with Crippen molar-refractivity contribution in [3.05, 3.63) is 41.0 Å². The quantitative estimate of drug-likeness (QED) is 0.511. The first-order valence-electron chi connectivity index (χ1n) is 8.79. The average molecular weight is 386 g/mol. The number of nitrogens with zero attached hydrogens (tertiary/aromatic N) is 4. The Morgan fingerprint density at radius 3 is 2.85 bits per heavy atom. The van der Waals surface area contributed by atoms with Crippen molar-refractivity contribution in [1.29, 1.82) is 0 Å². The van der Waals surface area contributed by atoms with E-state index in [0.717, 1.165) is 34.3 Å². The minimum absolute atomic E-state index is 0.114. The summed E-state index contributed by atoms with van der Waals surface area (Å²) in [7, 11) is 0. The minimum atomic E-state index is -2.84. The maximum atomic E-state index is 12.3. The molecule has 1 atom stereocenters. The summed E-state index contributed by atoms with van der Waals surface area (Å²) in [6, 6.07) is 6.35. The van der Waals surface area contributed by atoms with E-state index in [4.69, 9.17) is 4.98 Å². The Morgan fingerprint density at radius 1 is 1.26 bits per heavy atom. The molecule has 0 bridgehead atoms. The molecule has 0 radical (unpaired) electrons. The molecular weight excluding hydrogens is 370 g/mol. The van der Waals surface area contributed by atoms with Crippen molar-refractivity contribution in [2.24, 2.45) is 5.92 Å². The highest BCUT2D eigenvalue weighted by Gasteiger charge is 2.23. The number of aromatic nitrogens is 4. The molecule has 1 aliphatic carbocycles. The summed E-state index contributed by atoms with van der Waals surface area (Å²) < 4.78 is 30.7. The number of benzene rings is 1. The Balaban J connectivity index is 1.60. The lowest BCUT2D eigenvalue weighted by molar-refractivity contribution is -0.0498. The van der Waals surface area contributed by atoms with Crippen molar-refractivity contribution in [1.82, 2.24) is 19.6 Å². The van der Waals surface area contributed by atoms with Gasteiger partial charge in [-0.15, -0.1) is 16.4 Å². The van der Waals surface area contributed by atoms with Gasteiger partial charge in [0.2, 0.25) is 0 Å². The van der Waals surface area contributed by atoms with Crippen LogP contribution in [-0.2, 0) is 12.8 Å². The van der Waals surface area contributed by atoms with Crippen molar-refractivity contribution in [2.75, 3.05) is 0 Å². The maximum Gasteiger partial charge on any atom is 0.387 e. The monoisotopic (exact) mass is 386 g/mol. The molecule has 0 saturated heterocycles. The van der Waals surface area contributed by atoms with Crippen molar-refractivity contribution in [3.63, 3.8) is 0 Å². The van der Waals surface area contributed by atoms with E-state index < -0.39 is 6.61 Å². The van der Waals surface area contributed by atoms with Crippen LogP contribution in [0.3, 0.4) is 0 Å². The van der Waals surface area contributed by atoms with Gasteiger partial charge in [-0.3, -0.25) is 0 Å². The second-order valence-corrected chi connectivity index (χ2v) is 7.97. The molecule has 0 saturated carbocycles. The number of fused-ring (bicyclic) bond motifs is 5. The molecule has 3 heterocycles. The Bertz CT molecular complexity index is 1140. The average Bonchev–Trinajstić information content (AvgIpc) is 3.21. The molecule has 0 aliphatic heterocycles. The summed E-state index contributed by atoms with van der Waals surface area (Å²) in [5, 5.41) is 5.62. The lowest BCUT2D eigenvalue weighted by atomic mass is 9.89. The van der Waals surface area contributed by atoms with Gasteiger partial charge in [0.05, 0.1) is 5.39 Å². The summed E-state index contributed by atoms with van der Waals surface area (Å²) in [4.78, 5) is 11.7. The molecule has 0 fully saturated rings. The molecule has 0 unspecified atom stereocenters. The second-order valence-electron chi connectivity index (χ2n) is 6.88. The first-order valence-corrected chi connectivity index (χ1v) is 9.61. The molecule has 1 aliphatic rings. The van der Waals surface area contributed by atoms with Gasteiger partial charge in [-0.25, -0.2) is 14.5 Å². The highest BCUT2D eigenvalue weighted by molar-refractivity contribution is 7.19. The van der Waals surface area contributed by atoms with Crippen LogP contribution in [0.4, 0.5) is 8.78 Å². The molecule has 0 amide bonds. The van der Waals surface area contributed by atoms with E-state index in [1.54, 1.807) is 34.3 Å². The molecular formula is C19H16F2N4OS. The van der Waals surface area contributed by atoms with Crippen LogP contribution in [0.5, 0.6) is 5.75 Å². The zero-order chi connectivity index (χ0) is 18.5. The summed E-state index contributed by atoms with van der Waals surface area (Å²) >= 11 is 1.75. The zero-order valence-electron chi connectivity index (χ0n) is 14.5. The number of halogens is 2. The number of aryl methyl sites for hydroxylation is 1. The van der Waals surface area contributed by atoms with Gasteiger partial charge in [-0.2, -0.15) is 8.78 Å². The van der Waals surface area contributed by atoms with E-state index in [-0.39, 0.29) is 5.75 Å². The fourth-order valence-electron chi connectivity index (χ4n) is 3.65. The van der Waals surface area contributed by atoms with Gasteiger partial charge in [-0.05, 0) is 55.0 Å². The summed E-state index contributed by atoms with van der Waals surface area (Å²) in [6.07, 6.45) is 5.00. The van der Waals surface area contributed by atoms with E-state index in [2.05, 4.69) is 21.7 Å². The second kappa shape index (κ2) is 6.23. The molecule has 27 heavy (non-hydrogen) atoms. The van der Waals surface area contributed by atoms with Crippen molar-refractivity contribution in [2.45, 2.75) is 32.8 Å². The molecule has 5 nitrogen and oxygen atoms in total. The van der Waals surface area contributed by atoms with Gasteiger partial charge in [0.15, 0.2) is 11.5 Å². The molecule has 5 rings (SSSR count). The van der Waals surface area contributed by atoms with Gasteiger partial charge < -0.3 is 4.74 Å². The number of hydrogen-bond acceptors (Lipinski definition) is 5. The zero-order valence-corrected chi connectivity index (χ0v) is 15.3. The van der Waals surface area contributed by atoms with E-state index in [1.807, 2.05) is 0 Å². The largest absolute Gasteiger partial charge is 0.435 e. The first-order chi connectivity index (χ1) is 13.1. The topological polar surface area (TPSA) is 52.3 Å². The van der Waals surface area contributed by atoms with E-state index in [9.17, 15) is 8.78 Å². The summed E-state index contributed by atoms with van der Waals surface area (Å²) in [6.45, 7) is -0.552. The van der Waals surface area contributed by atoms with Crippen molar-refractivity contribution >= 4 is 27.2 Å². The van der Waals surface area contributed by atoms with Gasteiger partial charge in [0.1, 0.15) is 16.9 Å². The third-order valence-electron chi connectivity index (χ3n) is 4.97. The Morgan fingerprint density at radius 2 is 2.07 bits per heavy atom. The minimum Gasteiger partial charge on any atom is -0.435 e. The van der Waals surface area contributed by atoms with Crippen LogP contribution in [0.25, 0.3) is 27.3 Å². The van der Waals surface area contributed by atoms with Crippen LogP contribution in [0.15, 0.2) is 30.6 Å². The predicted molar refractivity (Wildman–Crippen MR) is 99.4 cm³/mol. The van der Waals surface area contributed by atoms with Gasteiger partial charge in [-0.1, -0.05) is 6.92 Å². The standard InChI is InChI=1S/C19H16F2N4OS/c1-10-2-7-13-14(8-10)27-18-15(13)17-23-16(24-25(17)9-22-18)11-3-5-12(6-4-11)26-19(20)21/h3-6,9-10,19H,2,7-8H2,1H3/t10-/m0/s1. The van der Waals surface area contributed by atoms with E-state index >= 15 is 0 Å². The van der Waals surface area contributed by atoms with E-state index in [1.165, 1.54) is 29.0 Å². The molecule has 138 valence electrons. The Hall–Kier alpha value is -2.61. The van der Waals surface area contributed by atoms with Crippen LogP contribution in [0.2, 0.25) is 0 Å². The number of hydrogen-bond donors (Lipinski definition) is 0. The third kappa shape index (κ3) is 2.84. The molecule has 8 heteroatoms. The number of rotatable bonds is 3. The maximum absolute atomic E-state index is 12.3. The van der Waals surface area contributed by atoms with Crippen molar-refractivity contribution < 1.29 is 13.5 Å². The number of thiophene rings is 1. The Labute approximate surface area is 157 Å². The predicted octanol–water partition coefficient (Wildman–Crippen LogP) is 4.73. The summed E-state index contributed by atoms with van der Waals surface area (Å²) in [5.74, 6) is 1.35. The van der Waals surface area contributed by atoms with Gasteiger partial charge in [0.25, 0.3) is 0 Å². The van der Waals surface area contributed by atoms with Gasteiger partial charge >= 0.3 is 6.61 Å². The molecule has 3 aromatic heterocycles. The molecule has 1 aromatic carbocycles. The first kappa shape index (κ1) is 16.6. The molecule has 4 aromatic rings. The fraction of sp³-hybridized carbons (Fsp3) is 0.316. The Kier molecular flexibility index (Phi) is 3.82. The molecule has 0 N–H and O–H groups in total. The van der Waals surface area contributed by atoms with Crippen LogP contribution in [0.1, 0.15) is 23.8 Å². The summed E-state index contributed by atoms with van der Waals surface area (Å²) in [5.41, 5.74) is 2.90. The van der Waals surface area contributed by atoms with Crippen molar-refractivity contribution in [3.8, 4) is 17.1 Å². The van der Waals surface area contributed by atoms with Crippen LogP contribution < -0.4 is 4.74 Å². The third-order valence-corrected chi connectivity index (χ3v) is 6.13. The highest BCUT2D eigenvalue weighted by atomic mass is 32.1. The number of ether oxygens (including phenoxy) is 1. The SMILES string of the molecule is C[C@H]1CCc2c(sc3ncn4nc(-c5ccc(OC(F)F)cc5)nc4c23)C1. The molecule has 0 spiro atoms. The lowest BCUT2D eigenvalue weighted by Crippen LogP contribution is -2.08. The lowest BCUT2D eigenvalue weighted by Gasteiger charge is -2.17.